The van der Waals surface area contributed by atoms with Crippen molar-refractivity contribution in [3.63, 3.8) is 0 Å². The van der Waals surface area contributed by atoms with Gasteiger partial charge in [-0.3, -0.25) is 0 Å². The highest BCUT2D eigenvalue weighted by Gasteiger charge is 2.25. The van der Waals surface area contributed by atoms with Crippen molar-refractivity contribution in [3.05, 3.63) is 28.8 Å². The first-order valence-corrected chi connectivity index (χ1v) is 6.50. The molecule has 0 radical (unpaired) electrons. The molecule has 2 rings (SSSR count). The van der Waals surface area contributed by atoms with Crippen LogP contribution in [0, 0.1) is 20.8 Å². The van der Waals surface area contributed by atoms with E-state index in [-0.39, 0.29) is 12.2 Å². The van der Waals surface area contributed by atoms with Gasteiger partial charge in [0.25, 0.3) is 0 Å². The summed E-state index contributed by atoms with van der Waals surface area (Å²) in [5.74, 6) is 0.938. The lowest BCUT2D eigenvalue weighted by molar-refractivity contribution is 0.00648. The molecule has 1 aliphatic rings. The van der Waals surface area contributed by atoms with Gasteiger partial charge in [0.1, 0.15) is 11.9 Å². The Morgan fingerprint density at radius 2 is 1.82 bits per heavy atom. The molecule has 2 nitrogen and oxygen atoms in total. The van der Waals surface area contributed by atoms with Crippen LogP contribution in [0.4, 0.5) is 0 Å². The molecule has 94 valence electrons. The predicted octanol–water partition coefficient (Wildman–Crippen LogP) is 3.29. The molecule has 0 saturated heterocycles. The number of hydrogen-bond acceptors (Lipinski definition) is 2. The minimum absolute atomic E-state index is 0.0244. The number of benzene rings is 1. The van der Waals surface area contributed by atoms with Gasteiger partial charge in [0.2, 0.25) is 0 Å². The minimum atomic E-state index is -0.302. The lowest BCUT2D eigenvalue weighted by Crippen LogP contribution is -2.34. The molecule has 0 aromatic heterocycles. The largest absolute Gasteiger partial charge is 0.487 e. The highest BCUT2D eigenvalue weighted by atomic mass is 16.5. The first kappa shape index (κ1) is 12.4. The molecule has 1 saturated carbocycles. The van der Waals surface area contributed by atoms with Crippen LogP contribution in [0.1, 0.15) is 42.4 Å². The molecular formula is C15H22O2. The Hall–Kier alpha value is -1.02. The monoisotopic (exact) mass is 234 g/mol. The Morgan fingerprint density at radius 1 is 1.12 bits per heavy atom. The van der Waals surface area contributed by atoms with Gasteiger partial charge in [0.05, 0.1) is 6.10 Å². The fourth-order valence-corrected chi connectivity index (χ4v) is 2.50. The van der Waals surface area contributed by atoms with E-state index in [2.05, 4.69) is 32.9 Å². The van der Waals surface area contributed by atoms with Gasteiger partial charge in [0.15, 0.2) is 0 Å². The summed E-state index contributed by atoms with van der Waals surface area (Å²) in [4.78, 5) is 0. The van der Waals surface area contributed by atoms with Crippen LogP contribution in [0.15, 0.2) is 12.1 Å². The molecule has 1 N–H and O–H groups in total. The Balaban J connectivity index is 2.17. The van der Waals surface area contributed by atoms with E-state index < -0.39 is 0 Å². The Morgan fingerprint density at radius 3 is 2.53 bits per heavy atom. The zero-order valence-corrected chi connectivity index (χ0v) is 11.0. The van der Waals surface area contributed by atoms with Crippen molar-refractivity contribution in [1.29, 1.82) is 0 Å². The van der Waals surface area contributed by atoms with E-state index in [0.29, 0.717) is 0 Å². The van der Waals surface area contributed by atoms with Crippen LogP contribution in [0.5, 0.6) is 5.75 Å². The highest BCUT2D eigenvalue weighted by Crippen LogP contribution is 2.28. The summed E-state index contributed by atoms with van der Waals surface area (Å²) in [5, 5.41) is 9.93. The quantitative estimate of drug-likeness (QED) is 0.850. The normalized spacial score (nSPS) is 24.7. The zero-order valence-electron chi connectivity index (χ0n) is 11.0. The van der Waals surface area contributed by atoms with Crippen molar-refractivity contribution < 1.29 is 9.84 Å². The molecule has 2 heteroatoms. The fourth-order valence-electron chi connectivity index (χ4n) is 2.50. The van der Waals surface area contributed by atoms with Gasteiger partial charge in [-0.1, -0.05) is 12.5 Å². The van der Waals surface area contributed by atoms with Gasteiger partial charge in [-0.2, -0.15) is 0 Å². The van der Waals surface area contributed by atoms with Crippen molar-refractivity contribution in [2.75, 3.05) is 0 Å². The van der Waals surface area contributed by atoms with Crippen LogP contribution in [-0.4, -0.2) is 17.3 Å². The summed E-state index contributed by atoms with van der Waals surface area (Å²) < 4.78 is 6.01. The molecule has 0 bridgehead atoms. The third kappa shape index (κ3) is 2.81. The first-order chi connectivity index (χ1) is 8.08. The second kappa shape index (κ2) is 5.09. The van der Waals surface area contributed by atoms with E-state index in [9.17, 15) is 5.11 Å². The molecule has 0 unspecified atom stereocenters. The topological polar surface area (TPSA) is 29.5 Å². The number of aliphatic hydroxyl groups is 1. The average Bonchev–Trinajstić information content (AvgIpc) is 2.28. The van der Waals surface area contributed by atoms with Gasteiger partial charge < -0.3 is 9.84 Å². The number of hydrogen-bond donors (Lipinski definition) is 1. The molecule has 0 amide bonds. The maximum absolute atomic E-state index is 9.93. The minimum Gasteiger partial charge on any atom is -0.487 e. The van der Waals surface area contributed by atoms with E-state index in [1.165, 1.54) is 16.7 Å². The van der Waals surface area contributed by atoms with Gasteiger partial charge >= 0.3 is 0 Å². The van der Waals surface area contributed by atoms with Crippen LogP contribution in [0.2, 0.25) is 0 Å². The van der Waals surface area contributed by atoms with Crippen LogP contribution < -0.4 is 4.74 Å². The third-order valence-electron chi connectivity index (χ3n) is 3.71. The summed E-state index contributed by atoms with van der Waals surface area (Å²) >= 11 is 0. The Kier molecular flexibility index (Phi) is 3.72. The fraction of sp³-hybridized carbons (Fsp3) is 0.600. The van der Waals surface area contributed by atoms with E-state index in [4.69, 9.17) is 4.74 Å². The van der Waals surface area contributed by atoms with Crippen molar-refractivity contribution >= 4 is 0 Å². The summed E-state index contributed by atoms with van der Waals surface area (Å²) in [7, 11) is 0. The summed E-state index contributed by atoms with van der Waals surface area (Å²) in [6.45, 7) is 6.27. The standard InChI is InChI=1S/C15H22O2/c1-10-8-11(2)12(3)15(9-10)17-14-7-5-4-6-13(14)16/h8-9,13-14,16H,4-7H2,1-3H3/t13-,14-/m0/s1. The zero-order chi connectivity index (χ0) is 12.4. The van der Waals surface area contributed by atoms with Crippen LogP contribution in [0.3, 0.4) is 0 Å². The number of ether oxygens (including phenoxy) is 1. The Bertz CT molecular complexity index is 398. The van der Waals surface area contributed by atoms with E-state index in [1.54, 1.807) is 0 Å². The maximum Gasteiger partial charge on any atom is 0.124 e. The third-order valence-corrected chi connectivity index (χ3v) is 3.71. The molecule has 0 heterocycles. The molecule has 2 atom stereocenters. The smallest absolute Gasteiger partial charge is 0.124 e. The molecular weight excluding hydrogens is 212 g/mol. The number of aliphatic hydroxyl groups excluding tert-OH is 1. The molecule has 0 spiro atoms. The van der Waals surface area contributed by atoms with Crippen molar-refractivity contribution in [3.8, 4) is 5.75 Å². The van der Waals surface area contributed by atoms with Gasteiger partial charge in [-0.25, -0.2) is 0 Å². The molecule has 1 aromatic rings. The molecule has 1 fully saturated rings. The maximum atomic E-state index is 9.93. The second-order valence-electron chi connectivity index (χ2n) is 5.21. The molecule has 1 aromatic carbocycles. The average molecular weight is 234 g/mol. The van der Waals surface area contributed by atoms with Gasteiger partial charge in [-0.05, 0) is 62.8 Å². The number of aryl methyl sites for hydroxylation is 2. The van der Waals surface area contributed by atoms with Gasteiger partial charge in [-0.15, -0.1) is 0 Å². The van der Waals surface area contributed by atoms with Crippen molar-refractivity contribution in [1.82, 2.24) is 0 Å². The van der Waals surface area contributed by atoms with E-state index in [1.807, 2.05) is 0 Å². The lowest BCUT2D eigenvalue weighted by atomic mass is 9.94. The molecule has 0 aliphatic heterocycles. The summed E-state index contributed by atoms with van der Waals surface area (Å²) in [5.41, 5.74) is 3.66. The molecule has 1 aliphatic carbocycles. The van der Waals surface area contributed by atoms with Gasteiger partial charge in [0, 0.05) is 0 Å². The first-order valence-electron chi connectivity index (χ1n) is 6.50. The predicted molar refractivity (Wildman–Crippen MR) is 69.5 cm³/mol. The summed E-state index contributed by atoms with van der Waals surface area (Å²) in [6.07, 6.45) is 3.79. The molecule has 17 heavy (non-hydrogen) atoms. The number of rotatable bonds is 2. The lowest BCUT2D eigenvalue weighted by Gasteiger charge is -2.29. The summed E-state index contributed by atoms with van der Waals surface area (Å²) in [6, 6.07) is 4.24. The van der Waals surface area contributed by atoms with Crippen molar-refractivity contribution in [2.24, 2.45) is 0 Å². The van der Waals surface area contributed by atoms with Crippen molar-refractivity contribution in [2.45, 2.75) is 58.7 Å². The second-order valence-corrected chi connectivity index (χ2v) is 5.21. The van der Waals surface area contributed by atoms with E-state index in [0.717, 1.165) is 31.4 Å². The highest BCUT2D eigenvalue weighted by molar-refractivity contribution is 5.42. The Labute approximate surface area is 104 Å². The van der Waals surface area contributed by atoms with Crippen LogP contribution in [0.25, 0.3) is 0 Å². The van der Waals surface area contributed by atoms with Crippen LogP contribution in [-0.2, 0) is 0 Å². The van der Waals surface area contributed by atoms with Crippen LogP contribution >= 0.6 is 0 Å². The van der Waals surface area contributed by atoms with E-state index >= 15 is 0 Å². The SMILES string of the molecule is Cc1cc(C)c(C)c(O[C@H]2CCCC[C@@H]2O)c1.